The van der Waals surface area contributed by atoms with Gasteiger partial charge < -0.3 is 15.2 Å². The summed E-state index contributed by atoms with van der Waals surface area (Å²) in [7, 11) is 1.31. The standard InChI is InChI=1S/C21H14Cl2N4O3/c1-29-21(28)11-4-2-10(3-5-11)16-13(9-24)19(25)30-20-17(16)18(26-27-20)12-6-7-14(22)15(23)8-12/h2-8,16H,25H2,1H3,(H,26,27)/t16-/m1/s1. The molecular formula is C21H14Cl2N4O3. The van der Waals surface area contributed by atoms with E-state index in [0.717, 1.165) is 11.1 Å². The molecule has 0 fully saturated rings. The van der Waals surface area contributed by atoms with Gasteiger partial charge in [-0.15, -0.1) is 5.10 Å². The monoisotopic (exact) mass is 440 g/mol. The quantitative estimate of drug-likeness (QED) is 0.583. The average molecular weight is 441 g/mol. The molecule has 4 rings (SSSR count). The van der Waals surface area contributed by atoms with E-state index in [1.54, 1.807) is 42.5 Å². The Balaban J connectivity index is 1.88. The number of ether oxygens (including phenoxy) is 2. The lowest BCUT2D eigenvalue weighted by Gasteiger charge is -2.24. The highest BCUT2D eigenvalue weighted by molar-refractivity contribution is 6.42. The maximum Gasteiger partial charge on any atom is 0.337 e. The van der Waals surface area contributed by atoms with Gasteiger partial charge in [0, 0.05) is 5.56 Å². The van der Waals surface area contributed by atoms with Crippen molar-refractivity contribution in [2.45, 2.75) is 5.92 Å². The number of hydrogen-bond acceptors (Lipinski definition) is 6. The zero-order valence-corrected chi connectivity index (χ0v) is 17.1. The van der Waals surface area contributed by atoms with Crippen molar-refractivity contribution in [3.05, 3.63) is 80.7 Å². The van der Waals surface area contributed by atoms with Gasteiger partial charge in [-0.2, -0.15) is 5.26 Å². The number of nitrogens with two attached hydrogens (primary N) is 1. The molecule has 150 valence electrons. The summed E-state index contributed by atoms with van der Waals surface area (Å²) in [5, 5.41) is 17.7. The van der Waals surface area contributed by atoms with Crippen LogP contribution in [0.25, 0.3) is 11.3 Å². The van der Waals surface area contributed by atoms with E-state index in [-0.39, 0.29) is 17.3 Å². The van der Waals surface area contributed by atoms with E-state index in [1.165, 1.54) is 7.11 Å². The van der Waals surface area contributed by atoms with Gasteiger partial charge in [-0.25, -0.2) is 4.79 Å². The molecule has 0 aliphatic carbocycles. The molecular weight excluding hydrogens is 427 g/mol. The number of allylic oxidation sites excluding steroid dienone is 1. The van der Waals surface area contributed by atoms with Gasteiger partial charge >= 0.3 is 5.97 Å². The maximum absolute atomic E-state index is 11.8. The van der Waals surface area contributed by atoms with Crippen LogP contribution in [-0.2, 0) is 4.74 Å². The molecule has 3 N–H and O–H groups in total. The number of esters is 1. The molecule has 2 heterocycles. The van der Waals surface area contributed by atoms with E-state index in [2.05, 4.69) is 16.3 Å². The predicted molar refractivity (Wildman–Crippen MR) is 111 cm³/mol. The second-order valence-corrected chi connectivity index (χ2v) is 7.30. The number of benzene rings is 2. The summed E-state index contributed by atoms with van der Waals surface area (Å²) in [6.45, 7) is 0. The summed E-state index contributed by atoms with van der Waals surface area (Å²) in [6.07, 6.45) is 0. The summed E-state index contributed by atoms with van der Waals surface area (Å²) in [4.78, 5) is 11.8. The number of rotatable bonds is 3. The minimum Gasteiger partial charge on any atom is -0.465 e. The zero-order valence-electron chi connectivity index (χ0n) is 15.6. The molecule has 3 aromatic rings. The number of hydrogen-bond donors (Lipinski definition) is 2. The summed E-state index contributed by atoms with van der Waals surface area (Å²) in [5.74, 6) is -0.785. The first-order chi connectivity index (χ1) is 14.4. The van der Waals surface area contributed by atoms with Gasteiger partial charge in [0.25, 0.3) is 0 Å². The minimum absolute atomic E-state index is 0.0285. The molecule has 1 atom stereocenters. The number of carbonyl (C=O) groups is 1. The molecule has 1 aliphatic rings. The predicted octanol–water partition coefficient (Wildman–Crippen LogP) is 4.39. The minimum atomic E-state index is -0.561. The lowest BCUT2D eigenvalue weighted by atomic mass is 9.83. The second kappa shape index (κ2) is 7.75. The van der Waals surface area contributed by atoms with Crippen molar-refractivity contribution in [2.75, 3.05) is 7.11 Å². The molecule has 30 heavy (non-hydrogen) atoms. The van der Waals surface area contributed by atoms with Gasteiger partial charge in [-0.3, -0.25) is 5.10 Å². The molecule has 0 radical (unpaired) electrons. The van der Waals surface area contributed by atoms with Crippen LogP contribution in [0.15, 0.2) is 53.9 Å². The Bertz CT molecular complexity index is 1230. The second-order valence-electron chi connectivity index (χ2n) is 6.48. The van der Waals surface area contributed by atoms with E-state index in [4.69, 9.17) is 38.4 Å². The first-order valence-electron chi connectivity index (χ1n) is 8.74. The van der Waals surface area contributed by atoms with Gasteiger partial charge in [0.05, 0.1) is 39.9 Å². The fraction of sp³-hybridized carbons (Fsp3) is 0.0952. The van der Waals surface area contributed by atoms with Crippen LogP contribution in [0.5, 0.6) is 5.88 Å². The van der Waals surface area contributed by atoms with Crippen LogP contribution < -0.4 is 10.5 Å². The van der Waals surface area contributed by atoms with Crippen molar-refractivity contribution in [3.63, 3.8) is 0 Å². The first-order valence-corrected chi connectivity index (χ1v) is 9.49. The zero-order chi connectivity index (χ0) is 21.4. The van der Waals surface area contributed by atoms with Gasteiger partial charge in [0.1, 0.15) is 11.6 Å². The normalized spacial score (nSPS) is 15.2. The summed E-state index contributed by atoms with van der Waals surface area (Å²) < 4.78 is 10.3. The molecule has 9 heteroatoms. The molecule has 0 saturated carbocycles. The summed E-state index contributed by atoms with van der Waals surface area (Å²) in [6, 6.07) is 14.0. The van der Waals surface area contributed by atoms with Crippen molar-refractivity contribution in [3.8, 4) is 23.2 Å². The third kappa shape index (κ3) is 3.26. The highest BCUT2D eigenvalue weighted by Crippen LogP contribution is 2.46. The van der Waals surface area contributed by atoms with Crippen molar-refractivity contribution < 1.29 is 14.3 Å². The van der Waals surface area contributed by atoms with Crippen LogP contribution >= 0.6 is 23.2 Å². The van der Waals surface area contributed by atoms with Crippen LogP contribution in [-0.4, -0.2) is 23.3 Å². The number of nitrogens with zero attached hydrogens (tertiary/aromatic N) is 2. The molecule has 0 spiro atoms. The van der Waals surface area contributed by atoms with Crippen molar-refractivity contribution in [1.82, 2.24) is 10.2 Å². The Hall–Kier alpha value is -3.47. The molecule has 1 aromatic heterocycles. The van der Waals surface area contributed by atoms with Crippen LogP contribution in [0, 0.1) is 11.3 Å². The average Bonchev–Trinajstić information content (AvgIpc) is 3.17. The maximum atomic E-state index is 11.8. The molecule has 2 aromatic carbocycles. The number of fused-ring (bicyclic) bond motifs is 1. The third-order valence-electron chi connectivity index (χ3n) is 4.81. The number of aromatic nitrogens is 2. The van der Waals surface area contributed by atoms with Crippen LogP contribution in [0.2, 0.25) is 10.0 Å². The van der Waals surface area contributed by atoms with Crippen molar-refractivity contribution >= 4 is 29.2 Å². The number of aromatic amines is 1. The van der Waals surface area contributed by atoms with Crippen LogP contribution in [0.3, 0.4) is 0 Å². The summed E-state index contributed by atoms with van der Waals surface area (Å²) >= 11 is 12.2. The number of nitriles is 1. The number of methoxy groups -OCH3 is 1. The fourth-order valence-corrected chi connectivity index (χ4v) is 3.68. The number of halogens is 2. The third-order valence-corrected chi connectivity index (χ3v) is 5.55. The highest BCUT2D eigenvalue weighted by Gasteiger charge is 2.35. The number of nitrogens with one attached hydrogen (secondary N) is 1. The molecule has 1 aliphatic heterocycles. The topological polar surface area (TPSA) is 114 Å². The molecule has 7 nitrogen and oxygen atoms in total. The van der Waals surface area contributed by atoms with E-state index < -0.39 is 11.9 Å². The smallest absolute Gasteiger partial charge is 0.337 e. The molecule has 0 amide bonds. The SMILES string of the molecule is COC(=O)c1ccc([C@@H]2C(C#N)=C(N)Oc3n[nH]c(-c4ccc(Cl)c(Cl)c4)c32)cc1. The van der Waals surface area contributed by atoms with Gasteiger partial charge in [-0.1, -0.05) is 41.4 Å². The van der Waals surface area contributed by atoms with E-state index >= 15 is 0 Å². The van der Waals surface area contributed by atoms with E-state index in [9.17, 15) is 10.1 Å². The molecule has 0 saturated heterocycles. The Morgan fingerprint density at radius 2 is 1.97 bits per heavy atom. The number of H-pyrrole nitrogens is 1. The van der Waals surface area contributed by atoms with E-state index in [0.29, 0.717) is 26.9 Å². The van der Waals surface area contributed by atoms with Crippen LogP contribution in [0.1, 0.15) is 27.4 Å². The lowest BCUT2D eigenvalue weighted by Crippen LogP contribution is -2.21. The van der Waals surface area contributed by atoms with Crippen LogP contribution in [0.4, 0.5) is 0 Å². The van der Waals surface area contributed by atoms with Gasteiger partial charge in [-0.05, 0) is 29.8 Å². The number of carbonyl (C=O) groups excluding carboxylic acids is 1. The Kier molecular flexibility index (Phi) is 5.12. The summed E-state index contributed by atoms with van der Waals surface area (Å²) in [5.41, 5.74) is 9.31. The van der Waals surface area contributed by atoms with Crippen molar-refractivity contribution in [1.29, 1.82) is 5.26 Å². The first kappa shape index (κ1) is 19.8. The molecule has 0 bridgehead atoms. The largest absolute Gasteiger partial charge is 0.465 e. The van der Waals surface area contributed by atoms with Gasteiger partial charge in [0.15, 0.2) is 0 Å². The Morgan fingerprint density at radius 1 is 1.23 bits per heavy atom. The van der Waals surface area contributed by atoms with Crippen molar-refractivity contribution in [2.24, 2.45) is 5.73 Å². The lowest BCUT2D eigenvalue weighted by molar-refractivity contribution is 0.0600. The fourth-order valence-electron chi connectivity index (χ4n) is 3.38. The molecule has 0 unspecified atom stereocenters. The highest BCUT2D eigenvalue weighted by atomic mass is 35.5. The van der Waals surface area contributed by atoms with Gasteiger partial charge in [0.2, 0.25) is 11.8 Å². The Morgan fingerprint density at radius 3 is 2.60 bits per heavy atom. The Labute approximate surface area is 181 Å². The van der Waals surface area contributed by atoms with E-state index in [1.807, 2.05) is 0 Å².